The second-order valence-corrected chi connectivity index (χ2v) is 6.88. The Morgan fingerprint density at radius 2 is 1.52 bits per heavy atom. The van der Waals surface area contributed by atoms with Gasteiger partial charge >= 0.3 is 5.97 Å². The molecular formula is C17H19NO4S. The lowest BCUT2D eigenvalue weighted by molar-refractivity contribution is -0.142. The first-order chi connectivity index (χ1) is 11.0. The van der Waals surface area contributed by atoms with Gasteiger partial charge in [-0.2, -0.15) is 0 Å². The Morgan fingerprint density at radius 3 is 2.04 bits per heavy atom. The lowest BCUT2D eigenvalue weighted by atomic mass is 10.1. The Labute approximate surface area is 136 Å². The molecular weight excluding hydrogens is 314 g/mol. The predicted molar refractivity (Wildman–Crippen MR) is 88.2 cm³/mol. The van der Waals surface area contributed by atoms with Crippen LogP contribution in [0, 0.1) is 0 Å². The third kappa shape index (κ3) is 5.50. The van der Waals surface area contributed by atoms with E-state index in [2.05, 4.69) is 4.72 Å². The molecule has 0 spiro atoms. The van der Waals surface area contributed by atoms with Gasteiger partial charge in [0.2, 0.25) is 10.0 Å². The van der Waals surface area contributed by atoms with Crippen molar-refractivity contribution < 1.29 is 17.9 Å². The fourth-order valence-corrected chi connectivity index (χ4v) is 3.54. The molecule has 0 amide bonds. The van der Waals surface area contributed by atoms with Crippen molar-refractivity contribution in [2.45, 2.75) is 18.2 Å². The topological polar surface area (TPSA) is 72.5 Å². The maximum atomic E-state index is 12.3. The number of nitrogens with one attached hydrogen (secondary N) is 1. The van der Waals surface area contributed by atoms with Crippen LogP contribution in [0.4, 0.5) is 0 Å². The Morgan fingerprint density at radius 1 is 1.00 bits per heavy atom. The molecule has 6 heteroatoms. The first-order valence-corrected chi connectivity index (χ1v) is 8.81. The molecule has 1 atom stereocenters. The predicted octanol–water partition coefficient (Wildman–Crippen LogP) is 1.89. The average Bonchev–Trinajstić information content (AvgIpc) is 2.54. The summed E-state index contributed by atoms with van der Waals surface area (Å²) in [7, 11) is -2.42. The Kier molecular flexibility index (Phi) is 5.90. The van der Waals surface area contributed by atoms with E-state index in [0.29, 0.717) is 5.56 Å². The smallest absolute Gasteiger partial charge is 0.324 e. The van der Waals surface area contributed by atoms with E-state index in [0.717, 1.165) is 5.56 Å². The lowest BCUT2D eigenvalue weighted by Crippen LogP contribution is -2.43. The molecule has 0 saturated carbocycles. The van der Waals surface area contributed by atoms with Crippen molar-refractivity contribution in [1.82, 2.24) is 4.72 Å². The fraction of sp³-hybridized carbons (Fsp3) is 0.235. The zero-order valence-electron chi connectivity index (χ0n) is 12.8. The fourth-order valence-electron chi connectivity index (χ4n) is 2.22. The zero-order valence-corrected chi connectivity index (χ0v) is 13.6. The van der Waals surface area contributed by atoms with Crippen LogP contribution < -0.4 is 4.72 Å². The Hall–Kier alpha value is -2.18. The highest BCUT2D eigenvalue weighted by Gasteiger charge is 2.25. The first kappa shape index (κ1) is 17.2. The quantitative estimate of drug-likeness (QED) is 0.786. The van der Waals surface area contributed by atoms with Gasteiger partial charge in [-0.15, -0.1) is 0 Å². The molecule has 0 heterocycles. The van der Waals surface area contributed by atoms with Gasteiger partial charge < -0.3 is 4.74 Å². The Bertz CT molecular complexity index is 730. The van der Waals surface area contributed by atoms with Crippen molar-refractivity contribution >= 4 is 16.0 Å². The monoisotopic (exact) mass is 333 g/mol. The summed E-state index contributed by atoms with van der Waals surface area (Å²) >= 11 is 0. The number of methoxy groups -OCH3 is 1. The molecule has 0 aliphatic carbocycles. The van der Waals surface area contributed by atoms with Gasteiger partial charge in [-0.25, -0.2) is 13.1 Å². The van der Waals surface area contributed by atoms with Crippen molar-refractivity contribution in [3.05, 3.63) is 71.8 Å². The molecule has 0 aliphatic rings. The number of rotatable bonds is 7. The van der Waals surface area contributed by atoms with Crippen molar-refractivity contribution in [3.8, 4) is 0 Å². The standard InChI is InChI=1S/C17H19NO4S/c1-22-17(19)16(12-14-8-4-2-5-9-14)18-23(20,21)13-15-10-6-3-7-11-15/h2-11,16,18H,12-13H2,1H3/t16-/m1/s1. The number of esters is 1. The zero-order chi connectivity index (χ0) is 16.7. The third-order valence-corrected chi connectivity index (χ3v) is 4.65. The van der Waals surface area contributed by atoms with Gasteiger partial charge in [0.25, 0.3) is 0 Å². The molecule has 2 aromatic carbocycles. The summed E-state index contributed by atoms with van der Waals surface area (Å²) < 4.78 is 31.8. The van der Waals surface area contributed by atoms with Crippen LogP contribution in [0.25, 0.3) is 0 Å². The molecule has 5 nitrogen and oxygen atoms in total. The number of ether oxygens (including phenoxy) is 1. The maximum Gasteiger partial charge on any atom is 0.324 e. The average molecular weight is 333 g/mol. The van der Waals surface area contributed by atoms with Gasteiger partial charge in [-0.3, -0.25) is 4.79 Å². The number of hydrogen-bond donors (Lipinski definition) is 1. The molecule has 0 radical (unpaired) electrons. The van der Waals surface area contributed by atoms with Gasteiger partial charge in [-0.05, 0) is 17.5 Å². The molecule has 0 aromatic heterocycles. The van der Waals surface area contributed by atoms with Crippen molar-refractivity contribution in [3.63, 3.8) is 0 Å². The van der Waals surface area contributed by atoms with Crippen LogP contribution in [0.2, 0.25) is 0 Å². The van der Waals surface area contributed by atoms with Crippen LogP contribution in [0.15, 0.2) is 60.7 Å². The molecule has 23 heavy (non-hydrogen) atoms. The lowest BCUT2D eigenvalue weighted by Gasteiger charge is -2.17. The highest BCUT2D eigenvalue weighted by Crippen LogP contribution is 2.09. The third-order valence-electron chi connectivity index (χ3n) is 3.29. The van der Waals surface area contributed by atoms with Gasteiger partial charge in [0, 0.05) is 0 Å². The van der Waals surface area contributed by atoms with Crippen LogP contribution in [-0.2, 0) is 31.7 Å². The summed E-state index contributed by atoms with van der Waals surface area (Å²) in [5.74, 6) is -0.790. The minimum atomic E-state index is -3.66. The first-order valence-electron chi connectivity index (χ1n) is 7.16. The molecule has 0 aliphatic heterocycles. The molecule has 0 saturated heterocycles. The molecule has 0 fully saturated rings. The van der Waals surface area contributed by atoms with Crippen molar-refractivity contribution in [1.29, 1.82) is 0 Å². The van der Waals surface area contributed by atoms with Crippen molar-refractivity contribution in [2.24, 2.45) is 0 Å². The van der Waals surface area contributed by atoms with Gasteiger partial charge in [0.05, 0.1) is 12.9 Å². The Balaban J connectivity index is 2.12. The van der Waals surface area contributed by atoms with Gasteiger partial charge in [0.15, 0.2) is 0 Å². The highest BCUT2D eigenvalue weighted by molar-refractivity contribution is 7.88. The number of carbonyl (C=O) groups is 1. The van der Waals surface area contributed by atoms with E-state index in [1.54, 1.807) is 24.3 Å². The number of benzene rings is 2. The maximum absolute atomic E-state index is 12.3. The second-order valence-electron chi connectivity index (χ2n) is 5.13. The van der Waals surface area contributed by atoms with E-state index < -0.39 is 22.0 Å². The molecule has 0 bridgehead atoms. The number of carbonyl (C=O) groups excluding carboxylic acids is 1. The van der Waals surface area contributed by atoms with E-state index in [-0.39, 0.29) is 12.2 Å². The molecule has 122 valence electrons. The van der Waals surface area contributed by atoms with Crippen LogP contribution >= 0.6 is 0 Å². The summed E-state index contributed by atoms with van der Waals surface area (Å²) in [6.07, 6.45) is 0.238. The van der Waals surface area contributed by atoms with E-state index >= 15 is 0 Å². The summed E-state index contributed by atoms with van der Waals surface area (Å²) in [6.45, 7) is 0. The summed E-state index contributed by atoms with van der Waals surface area (Å²) in [6, 6.07) is 17.1. The summed E-state index contributed by atoms with van der Waals surface area (Å²) in [5.41, 5.74) is 1.51. The van der Waals surface area contributed by atoms with Crippen LogP contribution in [-0.4, -0.2) is 27.5 Å². The molecule has 0 unspecified atom stereocenters. The summed E-state index contributed by atoms with van der Waals surface area (Å²) in [4.78, 5) is 11.9. The second kappa shape index (κ2) is 7.89. The summed E-state index contributed by atoms with van der Waals surface area (Å²) in [5, 5.41) is 0. The molecule has 2 aromatic rings. The van der Waals surface area contributed by atoms with Gasteiger partial charge in [0.1, 0.15) is 6.04 Å². The minimum Gasteiger partial charge on any atom is -0.468 e. The largest absolute Gasteiger partial charge is 0.468 e. The van der Waals surface area contributed by atoms with E-state index in [9.17, 15) is 13.2 Å². The SMILES string of the molecule is COC(=O)[C@@H](Cc1ccccc1)NS(=O)(=O)Cc1ccccc1. The van der Waals surface area contributed by atoms with Gasteiger partial charge in [-0.1, -0.05) is 60.7 Å². The minimum absolute atomic E-state index is 0.184. The number of sulfonamides is 1. The number of hydrogen-bond acceptors (Lipinski definition) is 4. The van der Waals surface area contributed by atoms with E-state index in [1.165, 1.54) is 7.11 Å². The van der Waals surface area contributed by atoms with E-state index in [4.69, 9.17) is 4.74 Å². The van der Waals surface area contributed by atoms with E-state index in [1.807, 2.05) is 36.4 Å². The normalized spacial score (nSPS) is 12.6. The van der Waals surface area contributed by atoms with Crippen LogP contribution in [0.5, 0.6) is 0 Å². The molecule has 1 N–H and O–H groups in total. The highest BCUT2D eigenvalue weighted by atomic mass is 32.2. The van der Waals surface area contributed by atoms with Crippen LogP contribution in [0.1, 0.15) is 11.1 Å². The van der Waals surface area contributed by atoms with Crippen molar-refractivity contribution in [2.75, 3.05) is 7.11 Å². The molecule has 2 rings (SSSR count). The van der Waals surface area contributed by atoms with Crippen LogP contribution in [0.3, 0.4) is 0 Å².